The Morgan fingerprint density at radius 1 is 1.39 bits per heavy atom. The van der Waals surface area contributed by atoms with Gasteiger partial charge in [-0.15, -0.1) is 0 Å². The number of hydrogen-bond donors (Lipinski definition) is 1. The molecule has 1 atom stereocenters. The summed E-state index contributed by atoms with van der Waals surface area (Å²) in [6.45, 7) is 6.62. The van der Waals surface area contributed by atoms with Crippen LogP contribution in [0.15, 0.2) is 24.3 Å². The fourth-order valence-corrected chi connectivity index (χ4v) is 2.49. The Bertz CT molecular complexity index is 416. The Balaban J connectivity index is 1.75. The standard InChI is InChI=1S/C15H21N3/c1-13(18-7-2-3-8-18)11-17-12-15-6-4-5-14(9-15)10-16/h4-6,9,13,17H,2-3,7-8,11-12H2,1H3. The minimum Gasteiger partial charge on any atom is -0.311 e. The number of likely N-dealkylation sites (tertiary alicyclic amines) is 1. The van der Waals surface area contributed by atoms with Crippen LogP contribution in [0, 0.1) is 11.3 Å². The molecule has 1 aromatic carbocycles. The molecule has 0 radical (unpaired) electrons. The van der Waals surface area contributed by atoms with Crippen molar-refractivity contribution in [1.82, 2.24) is 10.2 Å². The smallest absolute Gasteiger partial charge is 0.0991 e. The number of hydrogen-bond acceptors (Lipinski definition) is 3. The third-order valence-corrected chi connectivity index (χ3v) is 3.59. The quantitative estimate of drug-likeness (QED) is 0.861. The minimum atomic E-state index is 0.603. The van der Waals surface area contributed by atoms with Crippen molar-refractivity contribution in [2.24, 2.45) is 0 Å². The predicted molar refractivity (Wildman–Crippen MR) is 73.1 cm³/mol. The van der Waals surface area contributed by atoms with Crippen LogP contribution in [0.3, 0.4) is 0 Å². The summed E-state index contributed by atoms with van der Waals surface area (Å²) in [5.41, 5.74) is 1.92. The van der Waals surface area contributed by atoms with E-state index in [1.54, 1.807) is 0 Å². The lowest BCUT2D eigenvalue weighted by Crippen LogP contribution is -2.38. The van der Waals surface area contributed by atoms with Gasteiger partial charge in [0.1, 0.15) is 0 Å². The fourth-order valence-electron chi connectivity index (χ4n) is 2.49. The summed E-state index contributed by atoms with van der Waals surface area (Å²) >= 11 is 0. The van der Waals surface area contributed by atoms with Gasteiger partial charge in [-0.05, 0) is 50.6 Å². The average Bonchev–Trinajstić information content (AvgIpc) is 2.93. The highest BCUT2D eigenvalue weighted by molar-refractivity contribution is 5.32. The number of rotatable bonds is 5. The highest BCUT2D eigenvalue weighted by Crippen LogP contribution is 2.11. The molecule has 1 unspecified atom stereocenters. The van der Waals surface area contributed by atoms with Gasteiger partial charge >= 0.3 is 0 Å². The van der Waals surface area contributed by atoms with Crippen LogP contribution >= 0.6 is 0 Å². The first-order valence-electron chi connectivity index (χ1n) is 6.73. The van der Waals surface area contributed by atoms with E-state index in [0.29, 0.717) is 6.04 Å². The predicted octanol–water partition coefficient (Wildman–Crippen LogP) is 2.13. The van der Waals surface area contributed by atoms with Gasteiger partial charge in [-0.2, -0.15) is 5.26 Å². The maximum absolute atomic E-state index is 8.84. The molecule has 0 aliphatic carbocycles. The lowest BCUT2D eigenvalue weighted by Gasteiger charge is -2.23. The first kappa shape index (κ1) is 13.1. The molecule has 2 rings (SSSR count). The molecule has 1 heterocycles. The molecule has 18 heavy (non-hydrogen) atoms. The summed E-state index contributed by atoms with van der Waals surface area (Å²) in [6.07, 6.45) is 2.68. The van der Waals surface area contributed by atoms with Crippen molar-refractivity contribution in [2.45, 2.75) is 32.4 Å². The number of nitrogens with one attached hydrogen (secondary N) is 1. The Morgan fingerprint density at radius 2 is 2.17 bits per heavy atom. The third kappa shape index (κ3) is 3.56. The zero-order valence-electron chi connectivity index (χ0n) is 11.0. The van der Waals surface area contributed by atoms with E-state index in [9.17, 15) is 0 Å². The molecular formula is C15H21N3. The normalized spacial score (nSPS) is 17.6. The van der Waals surface area contributed by atoms with E-state index in [2.05, 4.69) is 29.3 Å². The second kappa shape index (κ2) is 6.53. The van der Waals surface area contributed by atoms with Gasteiger partial charge in [0, 0.05) is 19.1 Å². The van der Waals surface area contributed by atoms with Crippen molar-refractivity contribution in [3.63, 3.8) is 0 Å². The number of nitrogens with zero attached hydrogens (tertiary/aromatic N) is 2. The van der Waals surface area contributed by atoms with Crippen molar-refractivity contribution in [1.29, 1.82) is 5.26 Å². The minimum absolute atomic E-state index is 0.603. The fraction of sp³-hybridized carbons (Fsp3) is 0.533. The lowest BCUT2D eigenvalue weighted by atomic mass is 10.1. The molecule has 0 amide bonds. The monoisotopic (exact) mass is 243 g/mol. The van der Waals surface area contributed by atoms with E-state index in [1.165, 1.54) is 31.5 Å². The Kier molecular flexibility index (Phi) is 4.74. The van der Waals surface area contributed by atoms with Crippen LogP contribution in [0.4, 0.5) is 0 Å². The van der Waals surface area contributed by atoms with E-state index >= 15 is 0 Å². The number of nitriles is 1. The van der Waals surface area contributed by atoms with Gasteiger partial charge in [-0.25, -0.2) is 0 Å². The molecule has 1 saturated heterocycles. The Hall–Kier alpha value is -1.37. The lowest BCUT2D eigenvalue weighted by molar-refractivity contribution is 0.251. The second-order valence-electron chi connectivity index (χ2n) is 5.04. The van der Waals surface area contributed by atoms with Gasteiger partial charge in [-0.3, -0.25) is 4.90 Å². The van der Waals surface area contributed by atoms with Crippen LogP contribution in [-0.4, -0.2) is 30.6 Å². The van der Waals surface area contributed by atoms with E-state index in [1.807, 2.05) is 18.2 Å². The molecule has 1 aromatic rings. The molecule has 1 aliphatic heterocycles. The third-order valence-electron chi connectivity index (χ3n) is 3.59. The van der Waals surface area contributed by atoms with Gasteiger partial charge in [-0.1, -0.05) is 12.1 Å². The summed E-state index contributed by atoms with van der Waals surface area (Å²) in [5, 5.41) is 12.3. The largest absolute Gasteiger partial charge is 0.311 e. The van der Waals surface area contributed by atoms with Gasteiger partial charge in [0.05, 0.1) is 11.6 Å². The molecule has 0 bridgehead atoms. The van der Waals surface area contributed by atoms with Crippen molar-refractivity contribution in [3.8, 4) is 6.07 Å². The van der Waals surface area contributed by atoms with E-state index in [-0.39, 0.29) is 0 Å². The summed E-state index contributed by atoms with van der Waals surface area (Å²) in [6, 6.07) is 10.6. The van der Waals surface area contributed by atoms with Crippen molar-refractivity contribution < 1.29 is 0 Å². The van der Waals surface area contributed by atoms with Gasteiger partial charge in [0.2, 0.25) is 0 Å². The molecule has 96 valence electrons. The Morgan fingerprint density at radius 3 is 2.89 bits per heavy atom. The van der Waals surface area contributed by atoms with Crippen LogP contribution in [0.2, 0.25) is 0 Å². The van der Waals surface area contributed by atoms with Crippen molar-refractivity contribution >= 4 is 0 Å². The van der Waals surface area contributed by atoms with Crippen LogP contribution in [-0.2, 0) is 6.54 Å². The first-order valence-corrected chi connectivity index (χ1v) is 6.73. The topological polar surface area (TPSA) is 39.1 Å². The molecule has 0 aromatic heterocycles. The molecule has 1 aliphatic rings. The second-order valence-corrected chi connectivity index (χ2v) is 5.04. The molecular weight excluding hydrogens is 222 g/mol. The van der Waals surface area contributed by atoms with Crippen LogP contribution in [0.5, 0.6) is 0 Å². The molecule has 3 heteroatoms. The van der Waals surface area contributed by atoms with E-state index < -0.39 is 0 Å². The highest BCUT2D eigenvalue weighted by Gasteiger charge is 2.17. The van der Waals surface area contributed by atoms with Crippen molar-refractivity contribution in [3.05, 3.63) is 35.4 Å². The maximum Gasteiger partial charge on any atom is 0.0991 e. The van der Waals surface area contributed by atoms with Gasteiger partial charge in [0.15, 0.2) is 0 Å². The SMILES string of the molecule is CC(CNCc1cccc(C#N)c1)N1CCCC1. The maximum atomic E-state index is 8.84. The zero-order chi connectivity index (χ0) is 12.8. The molecule has 1 fully saturated rings. The summed E-state index contributed by atoms with van der Waals surface area (Å²) in [7, 11) is 0. The van der Waals surface area contributed by atoms with Gasteiger partial charge < -0.3 is 5.32 Å². The van der Waals surface area contributed by atoms with E-state index in [4.69, 9.17) is 5.26 Å². The molecule has 1 N–H and O–H groups in total. The average molecular weight is 243 g/mol. The van der Waals surface area contributed by atoms with E-state index in [0.717, 1.165) is 18.7 Å². The summed E-state index contributed by atoms with van der Waals surface area (Å²) < 4.78 is 0. The van der Waals surface area contributed by atoms with Crippen LogP contribution < -0.4 is 5.32 Å². The van der Waals surface area contributed by atoms with Crippen LogP contribution in [0.1, 0.15) is 30.9 Å². The summed E-state index contributed by atoms with van der Waals surface area (Å²) in [4.78, 5) is 2.54. The number of benzene rings is 1. The molecule has 0 spiro atoms. The molecule has 0 saturated carbocycles. The zero-order valence-corrected chi connectivity index (χ0v) is 11.0. The Labute approximate surface area is 109 Å². The van der Waals surface area contributed by atoms with Crippen LogP contribution in [0.25, 0.3) is 0 Å². The van der Waals surface area contributed by atoms with Gasteiger partial charge in [0.25, 0.3) is 0 Å². The molecule has 3 nitrogen and oxygen atoms in total. The summed E-state index contributed by atoms with van der Waals surface area (Å²) in [5.74, 6) is 0. The highest BCUT2D eigenvalue weighted by atomic mass is 15.2. The first-order chi connectivity index (χ1) is 8.79. The van der Waals surface area contributed by atoms with Crippen molar-refractivity contribution in [2.75, 3.05) is 19.6 Å².